The van der Waals surface area contributed by atoms with E-state index in [9.17, 15) is 0 Å². The number of fused-ring (bicyclic) bond motifs is 3. The molecule has 2 atom stereocenters. The van der Waals surface area contributed by atoms with Crippen molar-refractivity contribution < 1.29 is 4.84 Å². The van der Waals surface area contributed by atoms with Crippen molar-refractivity contribution >= 4 is 5.69 Å². The molecule has 0 amide bonds. The topological polar surface area (TPSA) is 17.4 Å². The molecule has 1 aromatic heterocycles. The summed E-state index contributed by atoms with van der Waals surface area (Å²) in [6.07, 6.45) is 4.93. The van der Waals surface area contributed by atoms with Crippen molar-refractivity contribution in [3.05, 3.63) is 89.2 Å². The molecule has 2 aromatic carbocycles. The monoisotopic (exact) mass is 344 g/mol. The summed E-state index contributed by atoms with van der Waals surface area (Å²) in [7, 11) is 0. The molecule has 3 nitrogen and oxygen atoms in total. The molecule has 0 N–H and O–H groups in total. The lowest BCUT2D eigenvalue weighted by Crippen LogP contribution is -2.39. The largest absolute Gasteiger partial charge is 0.318 e. The number of hydrogen-bond acceptors (Lipinski definition) is 2. The number of rotatable bonds is 2. The minimum atomic E-state index is 0.00650. The summed E-state index contributed by atoms with van der Waals surface area (Å²) >= 11 is 0. The van der Waals surface area contributed by atoms with Crippen LogP contribution in [0.25, 0.3) is 0 Å². The number of hydrogen-bond donors (Lipinski definition) is 0. The first-order valence-electron chi connectivity index (χ1n) is 9.62. The van der Waals surface area contributed by atoms with Gasteiger partial charge in [-0.2, -0.15) is 0 Å². The summed E-state index contributed by atoms with van der Waals surface area (Å²) in [6.45, 7) is 2.16. The Labute approximate surface area is 154 Å². The zero-order valence-corrected chi connectivity index (χ0v) is 15.1. The maximum atomic E-state index is 6.49. The molecule has 1 aliphatic heterocycles. The minimum Gasteiger partial charge on any atom is -0.318 e. The van der Waals surface area contributed by atoms with Crippen LogP contribution in [0.15, 0.2) is 66.7 Å². The van der Waals surface area contributed by atoms with E-state index in [0.29, 0.717) is 0 Å². The molecule has 0 spiro atoms. The number of para-hydroxylation sites is 1. The van der Waals surface area contributed by atoms with Crippen LogP contribution < -0.4 is 5.06 Å². The third-order valence-electron chi connectivity index (χ3n) is 5.64. The van der Waals surface area contributed by atoms with E-state index >= 15 is 0 Å². The number of benzene rings is 2. The Morgan fingerprint density at radius 2 is 1.58 bits per heavy atom. The molecule has 3 heteroatoms. The molecular formula is C23H24N2O. The molecule has 0 bridgehead atoms. The highest BCUT2D eigenvalue weighted by Gasteiger charge is 2.36. The normalized spacial score (nSPS) is 22.0. The predicted octanol–water partition coefficient (Wildman–Crippen LogP) is 5.43. The maximum Gasteiger partial charge on any atom is 0.158 e. The van der Waals surface area contributed by atoms with Crippen molar-refractivity contribution in [1.29, 1.82) is 0 Å². The van der Waals surface area contributed by atoms with E-state index in [1.807, 2.05) is 0 Å². The highest BCUT2D eigenvalue weighted by Crippen LogP contribution is 2.43. The van der Waals surface area contributed by atoms with Gasteiger partial charge in [-0.1, -0.05) is 48.5 Å². The Hall–Kier alpha value is -2.52. The average molecular weight is 344 g/mol. The molecule has 132 valence electrons. The van der Waals surface area contributed by atoms with Crippen LogP contribution in [0.2, 0.25) is 0 Å². The van der Waals surface area contributed by atoms with Crippen LogP contribution in [0.1, 0.15) is 54.5 Å². The maximum absolute atomic E-state index is 6.49. The molecule has 0 saturated carbocycles. The summed E-state index contributed by atoms with van der Waals surface area (Å²) in [6, 6.07) is 23.7. The van der Waals surface area contributed by atoms with Gasteiger partial charge in [-0.25, -0.2) is 9.90 Å². The van der Waals surface area contributed by atoms with Crippen molar-refractivity contribution in [2.75, 3.05) is 5.06 Å². The van der Waals surface area contributed by atoms with Gasteiger partial charge >= 0.3 is 0 Å². The molecule has 2 heterocycles. The van der Waals surface area contributed by atoms with Crippen LogP contribution in [0.3, 0.4) is 0 Å². The van der Waals surface area contributed by atoms with E-state index < -0.39 is 0 Å². The van der Waals surface area contributed by atoms with Crippen LogP contribution in [0.4, 0.5) is 5.69 Å². The summed E-state index contributed by atoms with van der Waals surface area (Å²) in [5.41, 5.74) is 6.70. The predicted molar refractivity (Wildman–Crippen MR) is 104 cm³/mol. The number of aromatic nitrogens is 1. The highest BCUT2D eigenvalue weighted by atomic mass is 16.7. The van der Waals surface area contributed by atoms with Crippen molar-refractivity contribution in [2.24, 2.45) is 0 Å². The van der Waals surface area contributed by atoms with Crippen LogP contribution >= 0.6 is 0 Å². The molecule has 0 unspecified atom stereocenters. The van der Waals surface area contributed by atoms with Crippen LogP contribution in [0.5, 0.6) is 0 Å². The minimum absolute atomic E-state index is 0.00650. The summed E-state index contributed by atoms with van der Waals surface area (Å²) in [5.74, 6) is 0. The fourth-order valence-corrected chi connectivity index (χ4v) is 4.51. The van der Waals surface area contributed by atoms with Gasteiger partial charge in [0.05, 0.1) is 11.4 Å². The second-order valence-electron chi connectivity index (χ2n) is 7.30. The lowest BCUT2D eigenvalue weighted by molar-refractivity contribution is -0.0365. The molecule has 0 radical (unpaired) electrons. The molecule has 2 aliphatic rings. The first kappa shape index (κ1) is 15.7. The Morgan fingerprint density at radius 1 is 0.885 bits per heavy atom. The number of hydroxylamine groups is 1. The fraction of sp³-hybridized carbons (Fsp3) is 0.304. The average Bonchev–Trinajstić information content (AvgIpc) is 3.09. The summed E-state index contributed by atoms with van der Waals surface area (Å²) in [4.78, 5) is 6.49. The molecule has 0 saturated heterocycles. The third-order valence-corrected chi connectivity index (χ3v) is 5.64. The van der Waals surface area contributed by atoms with Crippen LogP contribution in [-0.2, 0) is 17.7 Å². The Kier molecular flexibility index (Phi) is 3.83. The van der Waals surface area contributed by atoms with E-state index in [1.54, 1.807) is 0 Å². The Balaban J connectivity index is 1.70. The number of nitrogens with zero attached hydrogens (tertiary/aromatic N) is 2. The quantitative estimate of drug-likeness (QED) is 0.617. The molecule has 0 fully saturated rings. The number of anilines is 1. The van der Waals surface area contributed by atoms with Gasteiger partial charge in [-0.15, -0.1) is 0 Å². The molecule has 1 aliphatic carbocycles. The van der Waals surface area contributed by atoms with Crippen LogP contribution in [-0.4, -0.2) is 4.57 Å². The molecule has 26 heavy (non-hydrogen) atoms. The van der Waals surface area contributed by atoms with Crippen molar-refractivity contribution in [2.45, 2.75) is 44.9 Å². The number of aryl methyl sites for hydroxylation is 1. The van der Waals surface area contributed by atoms with Gasteiger partial charge in [0.1, 0.15) is 6.04 Å². The first-order chi connectivity index (χ1) is 12.8. The third kappa shape index (κ3) is 2.46. The Bertz CT molecular complexity index is 901. The van der Waals surface area contributed by atoms with Crippen LogP contribution in [0, 0.1) is 0 Å². The van der Waals surface area contributed by atoms with Crippen molar-refractivity contribution in [3.63, 3.8) is 0 Å². The fourth-order valence-electron chi connectivity index (χ4n) is 4.51. The van der Waals surface area contributed by atoms with E-state index in [2.05, 4.69) is 83.3 Å². The van der Waals surface area contributed by atoms with Gasteiger partial charge < -0.3 is 4.57 Å². The zero-order valence-electron chi connectivity index (χ0n) is 15.1. The Morgan fingerprint density at radius 3 is 2.35 bits per heavy atom. The van der Waals surface area contributed by atoms with Gasteiger partial charge in [0.15, 0.2) is 6.23 Å². The molecule has 3 aromatic rings. The van der Waals surface area contributed by atoms with E-state index in [1.165, 1.54) is 41.8 Å². The smallest absolute Gasteiger partial charge is 0.158 e. The van der Waals surface area contributed by atoms with E-state index in [-0.39, 0.29) is 12.3 Å². The standard InChI is InChI=1S/C23H24N2O/c1-17-24-21-15-9-8-12-19(21)16-22(24)23(18-10-4-2-5-11-18)25(26-17)20-13-6-3-7-14-20/h2-7,10-11,13-14,16-17,23H,8-9,12,15H2,1H3/t17-,23+/m0/s1. The first-order valence-corrected chi connectivity index (χ1v) is 9.62. The SMILES string of the molecule is C[C@@H]1ON(c2ccccc2)[C@H](c2ccccc2)c2cc3c(n21)CCCC3. The van der Waals surface area contributed by atoms with Crippen molar-refractivity contribution in [1.82, 2.24) is 4.57 Å². The van der Waals surface area contributed by atoms with Gasteiger partial charge in [-0.3, -0.25) is 0 Å². The van der Waals surface area contributed by atoms with Gasteiger partial charge in [0.25, 0.3) is 0 Å². The van der Waals surface area contributed by atoms with E-state index in [4.69, 9.17) is 4.84 Å². The second kappa shape index (κ2) is 6.33. The zero-order chi connectivity index (χ0) is 17.5. The van der Waals surface area contributed by atoms with Gasteiger partial charge in [0, 0.05) is 5.69 Å². The molecular weight excluding hydrogens is 320 g/mol. The van der Waals surface area contributed by atoms with E-state index in [0.717, 1.165) is 12.1 Å². The summed E-state index contributed by atoms with van der Waals surface area (Å²) < 4.78 is 2.45. The lowest BCUT2D eigenvalue weighted by Gasteiger charge is -2.41. The van der Waals surface area contributed by atoms with Gasteiger partial charge in [0.2, 0.25) is 0 Å². The summed E-state index contributed by atoms with van der Waals surface area (Å²) in [5, 5.41) is 2.10. The molecule has 5 rings (SSSR count). The highest BCUT2D eigenvalue weighted by molar-refractivity contribution is 5.51. The van der Waals surface area contributed by atoms with Gasteiger partial charge in [-0.05, 0) is 61.9 Å². The second-order valence-corrected chi connectivity index (χ2v) is 7.30. The van der Waals surface area contributed by atoms with Crippen molar-refractivity contribution in [3.8, 4) is 0 Å². The lowest BCUT2D eigenvalue weighted by atomic mass is 9.97.